The molecule has 1 saturated carbocycles. The lowest BCUT2D eigenvalue weighted by Crippen LogP contribution is -2.53. The number of nitrogens with zero attached hydrogens (tertiary/aromatic N) is 1. The molecule has 9 heteroatoms. The summed E-state index contributed by atoms with van der Waals surface area (Å²) in [4.78, 5) is 14.8. The molecule has 1 amide bonds. The minimum Gasteiger partial charge on any atom is -0.368 e. The highest BCUT2D eigenvalue weighted by molar-refractivity contribution is 7.88. The van der Waals surface area contributed by atoms with Crippen molar-refractivity contribution in [3.05, 3.63) is 59.7 Å². The highest BCUT2D eigenvalue weighted by atomic mass is 32.2. The van der Waals surface area contributed by atoms with Crippen molar-refractivity contribution in [2.45, 2.75) is 43.9 Å². The maximum atomic E-state index is 15.6. The van der Waals surface area contributed by atoms with Crippen LogP contribution in [0.2, 0.25) is 0 Å². The molecule has 2 heterocycles. The Labute approximate surface area is 192 Å². The fourth-order valence-electron chi connectivity index (χ4n) is 5.13. The standard InChI is InChI=1S/C24H26F2N2O4S/c1-33(30,31)27-22-19(28(14-24(22)9-10-24)23(29)20-8-11-32-20)13-16-5-3-7-18(21(16)26)15-4-2-6-17(25)12-15/h2-7,12,19-20,22,27H,8-11,13-14H2,1H3/t19-,20+,22+/m0/s1. The van der Waals surface area contributed by atoms with E-state index in [0.29, 0.717) is 30.7 Å². The van der Waals surface area contributed by atoms with Crippen molar-refractivity contribution >= 4 is 15.9 Å². The van der Waals surface area contributed by atoms with Crippen LogP contribution in [0.25, 0.3) is 11.1 Å². The average Bonchev–Trinajstić information content (AvgIpc) is 3.43. The molecule has 1 aliphatic carbocycles. The minimum absolute atomic E-state index is 0.141. The Morgan fingerprint density at radius 3 is 2.55 bits per heavy atom. The molecule has 2 aromatic rings. The van der Waals surface area contributed by atoms with E-state index in [4.69, 9.17) is 4.74 Å². The molecule has 0 unspecified atom stereocenters. The molecule has 1 spiro atoms. The van der Waals surface area contributed by atoms with Gasteiger partial charge >= 0.3 is 0 Å². The Morgan fingerprint density at radius 1 is 1.21 bits per heavy atom. The van der Waals surface area contributed by atoms with Gasteiger partial charge in [-0.1, -0.05) is 30.3 Å². The first kappa shape index (κ1) is 22.4. The van der Waals surface area contributed by atoms with E-state index < -0.39 is 39.8 Å². The molecule has 0 bridgehead atoms. The molecule has 2 saturated heterocycles. The monoisotopic (exact) mass is 476 g/mol. The molecule has 33 heavy (non-hydrogen) atoms. The third kappa shape index (κ3) is 4.29. The topological polar surface area (TPSA) is 75.7 Å². The molecule has 176 valence electrons. The molecule has 2 aliphatic heterocycles. The summed E-state index contributed by atoms with van der Waals surface area (Å²) in [5.41, 5.74) is 0.705. The van der Waals surface area contributed by atoms with Gasteiger partial charge in [0.15, 0.2) is 0 Å². The molecule has 3 fully saturated rings. The highest BCUT2D eigenvalue weighted by Gasteiger charge is 2.61. The first-order valence-corrected chi connectivity index (χ1v) is 13.0. The number of hydrogen-bond acceptors (Lipinski definition) is 4. The molecule has 3 aliphatic rings. The van der Waals surface area contributed by atoms with Crippen LogP contribution in [0, 0.1) is 17.0 Å². The summed E-state index contributed by atoms with van der Waals surface area (Å²) >= 11 is 0. The molecular weight excluding hydrogens is 450 g/mol. The molecule has 2 aromatic carbocycles. The number of rotatable bonds is 6. The van der Waals surface area contributed by atoms with Gasteiger partial charge in [0.05, 0.1) is 18.9 Å². The number of nitrogens with one attached hydrogen (secondary N) is 1. The predicted octanol–water partition coefficient (Wildman–Crippen LogP) is 2.87. The fraction of sp³-hybridized carbons (Fsp3) is 0.458. The SMILES string of the molecule is CS(=O)(=O)N[C@@H]1[C@H](Cc2cccc(-c3cccc(F)c3)c2F)N(C(=O)[C@H]2CCO2)CC12CC2. The van der Waals surface area contributed by atoms with E-state index in [1.165, 1.54) is 18.2 Å². The Kier molecular flexibility index (Phi) is 5.54. The maximum Gasteiger partial charge on any atom is 0.252 e. The molecular formula is C24H26F2N2O4S. The van der Waals surface area contributed by atoms with Crippen molar-refractivity contribution in [2.75, 3.05) is 19.4 Å². The van der Waals surface area contributed by atoms with Crippen LogP contribution in [0.5, 0.6) is 0 Å². The summed E-state index contributed by atoms with van der Waals surface area (Å²) in [6, 6.07) is 9.60. The summed E-state index contributed by atoms with van der Waals surface area (Å²) in [6.07, 6.45) is 2.95. The van der Waals surface area contributed by atoms with Crippen molar-refractivity contribution < 1.29 is 26.7 Å². The van der Waals surface area contributed by atoms with Crippen LogP contribution in [0.15, 0.2) is 42.5 Å². The van der Waals surface area contributed by atoms with Gasteiger partial charge in [0, 0.05) is 30.0 Å². The van der Waals surface area contributed by atoms with Crippen molar-refractivity contribution in [3.8, 4) is 11.1 Å². The van der Waals surface area contributed by atoms with E-state index >= 15 is 4.39 Å². The van der Waals surface area contributed by atoms with Crippen LogP contribution in [-0.4, -0.2) is 56.8 Å². The summed E-state index contributed by atoms with van der Waals surface area (Å²) in [5.74, 6) is -1.12. The third-order valence-corrected chi connectivity index (χ3v) is 7.75. The van der Waals surface area contributed by atoms with Crippen LogP contribution in [0.1, 0.15) is 24.8 Å². The lowest BCUT2D eigenvalue weighted by molar-refractivity contribution is -0.157. The van der Waals surface area contributed by atoms with Gasteiger partial charge in [-0.3, -0.25) is 4.79 Å². The van der Waals surface area contributed by atoms with E-state index in [2.05, 4.69) is 4.72 Å². The van der Waals surface area contributed by atoms with Gasteiger partial charge in [-0.15, -0.1) is 0 Å². The van der Waals surface area contributed by atoms with E-state index in [9.17, 15) is 17.6 Å². The molecule has 3 atom stereocenters. The van der Waals surface area contributed by atoms with Crippen LogP contribution >= 0.6 is 0 Å². The molecule has 0 radical (unpaired) electrons. The van der Waals surface area contributed by atoms with Gasteiger partial charge in [-0.05, 0) is 42.5 Å². The third-order valence-electron chi connectivity index (χ3n) is 7.06. The van der Waals surface area contributed by atoms with Crippen molar-refractivity contribution in [2.24, 2.45) is 5.41 Å². The highest BCUT2D eigenvalue weighted by Crippen LogP contribution is 2.56. The number of likely N-dealkylation sites (tertiary alicyclic amines) is 1. The Hall–Kier alpha value is -2.36. The number of benzene rings is 2. The summed E-state index contributed by atoms with van der Waals surface area (Å²) < 4.78 is 61.8. The van der Waals surface area contributed by atoms with Crippen LogP contribution in [0.4, 0.5) is 8.78 Å². The largest absolute Gasteiger partial charge is 0.368 e. The first-order chi connectivity index (χ1) is 15.7. The quantitative estimate of drug-likeness (QED) is 0.696. The Morgan fingerprint density at radius 2 is 1.94 bits per heavy atom. The van der Waals surface area contributed by atoms with Gasteiger partial charge in [0.2, 0.25) is 10.0 Å². The summed E-state index contributed by atoms with van der Waals surface area (Å²) in [5, 5.41) is 0. The van der Waals surface area contributed by atoms with Crippen LogP contribution in [0.3, 0.4) is 0 Å². The van der Waals surface area contributed by atoms with Crippen LogP contribution in [-0.2, 0) is 26.0 Å². The van der Waals surface area contributed by atoms with Gasteiger partial charge in [0.1, 0.15) is 17.7 Å². The number of carbonyl (C=O) groups is 1. The maximum absolute atomic E-state index is 15.6. The normalized spacial score (nSPS) is 25.8. The lowest BCUT2D eigenvalue weighted by Gasteiger charge is -2.34. The number of halogens is 2. The van der Waals surface area contributed by atoms with E-state index in [0.717, 1.165) is 19.1 Å². The van der Waals surface area contributed by atoms with Gasteiger partial charge in [0.25, 0.3) is 5.91 Å². The number of carbonyl (C=O) groups excluding carboxylic acids is 1. The van der Waals surface area contributed by atoms with Crippen molar-refractivity contribution in [3.63, 3.8) is 0 Å². The number of amides is 1. The van der Waals surface area contributed by atoms with Crippen molar-refractivity contribution in [1.82, 2.24) is 9.62 Å². The van der Waals surface area contributed by atoms with Crippen molar-refractivity contribution in [1.29, 1.82) is 0 Å². The van der Waals surface area contributed by atoms with Gasteiger partial charge in [-0.25, -0.2) is 21.9 Å². The summed E-state index contributed by atoms with van der Waals surface area (Å²) in [7, 11) is -3.55. The predicted molar refractivity (Wildman–Crippen MR) is 119 cm³/mol. The van der Waals surface area contributed by atoms with Gasteiger partial charge < -0.3 is 9.64 Å². The first-order valence-electron chi connectivity index (χ1n) is 11.1. The zero-order valence-corrected chi connectivity index (χ0v) is 19.1. The lowest BCUT2D eigenvalue weighted by atomic mass is 9.91. The molecule has 6 nitrogen and oxygen atoms in total. The second kappa shape index (κ2) is 8.14. The number of ether oxygens (including phenoxy) is 1. The number of hydrogen-bond donors (Lipinski definition) is 1. The fourth-order valence-corrected chi connectivity index (χ4v) is 6.00. The number of sulfonamides is 1. The molecule has 1 N–H and O–H groups in total. The average molecular weight is 477 g/mol. The molecule has 5 rings (SSSR count). The Balaban J connectivity index is 1.51. The van der Waals surface area contributed by atoms with E-state index in [-0.39, 0.29) is 23.3 Å². The zero-order chi connectivity index (χ0) is 23.4. The second-order valence-corrected chi connectivity index (χ2v) is 11.2. The van der Waals surface area contributed by atoms with Crippen LogP contribution < -0.4 is 4.72 Å². The molecule has 0 aromatic heterocycles. The second-order valence-electron chi connectivity index (χ2n) is 9.40. The minimum atomic E-state index is -3.55. The van der Waals surface area contributed by atoms with Gasteiger partial charge in [-0.2, -0.15) is 0 Å². The smallest absolute Gasteiger partial charge is 0.252 e. The Bertz CT molecular complexity index is 1190. The van der Waals surface area contributed by atoms with E-state index in [1.54, 1.807) is 29.2 Å². The summed E-state index contributed by atoms with van der Waals surface area (Å²) in [6.45, 7) is 0.949. The van der Waals surface area contributed by atoms with E-state index in [1.807, 2.05) is 0 Å². The zero-order valence-electron chi connectivity index (χ0n) is 18.3.